The molecule has 1 amide bonds. The maximum atomic E-state index is 12.0. The highest BCUT2D eigenvalue weighted by atomic mass is 16.4. The van der Waals surface area contributed by atoms with E-state index in [1.807, 2.05) is 0 Å². The summed E-state index contributed by atoms with van der Waals surface area (Å²) in [7, 11) is 1.65. The van der Waals surface area contributed by atoms with E-state index < -0.39 is 11.9 Å². The second kappa shape index (κ2) is 5.74. The van der Waals surface area contributed by atoms with Crippen LogP contribution in [0.25, 0.3) is 6.08 Å². The van der Waals surface area contributed by atoms with Gasteiger partial charge < -0.3 is 5.11 Å². The number of nitrogens with one attached hydrogen (secondary N) is 1. The van der Waals surface area contributed by atoms with Gasteiger partial charge in [-0.15, -0.1) is 0 Å². The fourth-order valence-corrected chi connectivity index (χ4v) is 1.42. The van der Waals surface area contributed by atoms with Crippen LogP contribution in [0.15, 0.2) is 30.9 Å². The number of carbonyl (C=O) groups is 2. The summed E-state index contributed by atoms with van der Waals surface area (Å²) >= 11 is 0. The Morgan fingerprint density at radius 2 is 2.20 bits per heavy atom. The van der Waals surface area contributed by atoms with E-state index in [0.717, 1.165) is 6.08 Å². The molecule has 2 aromatic rings. The van der Waals surface area contributed by atoms with Crippen LogP contribution in [0, 0.1) is 0 Å². The van der Waals surface area contributed by atoms with Crippen molar-refractivity contribution in [1.82, 2.24) is 19.7 Å². The zero-order valence-corrected chi connectivity index (χ0v) is 10.5. The summed E-state index contributed by atoms with van der Waals surface area (Å²) in [5, 5.41) is 14.9. The SMILES string of the molecule is Cn1ncnc1NC(=O)c1cncc(/C=C/C(=O)O)c1. The van der Waals surface area contributed by atoms with Gasteiger partial charge in [-0.05, 0) is 17.7 Å². The molecule has 0 radical (unpaired) electrons. The van der Waals surface area contributed by atoms with Crippen molar-refractivity contribution in [3.63, 3.8) is 0 Å². The highest BCUT2D eigenvalue weighted by Gasteiger charge is 2.09. The van der Waals surface area contributed by atoms with Crippen molar-refractivity contribution in [3.05, 3.63) is 42.0 Å². The third kappa shape index (κ3) is 3.25. The van der Waals surface area contributed by atoms with Crippen LogP contribution in [0.3, 0.4) is 0 Å². The molecule has 0 bridgehead atoms. The van der Waals surface area contributed by atoms with Crippen LogP contribution in [-0.2, 0) is 11.8 Å². The molecule has 0 aliphatic rings. The smallest absolute Gasteiger partial charge is 0.328 e. The maximum absolute atomic E-state index is 12.0. The molecule has 2 heterocycles. The average molecular weight is 273 g/mol. The summed E-state index contributed by atoms with van der Waals surface area (Å²) in [6.45, 7) is 0. The predicted octanol–water partition coefficient (Wildman–Crippen LogP) is 0.560. The zero-order valence-electron chi connectivity index (χ0n) is 10.5. The number of aryl methyl sites for hydroxylation is 1. The third-order valence-corrected chi connectivity index (χ3v) is 2.38. The van der Waals surface area contributed by atoms with Gasteiger partial charge in [-0.2, -0.15) is 10.1 Å². The molecule has 0 aliphatic carbocycles. The summed E-state index contributed by atoms with van der Waals surface area (Å²) < 4.78 is 1.42. The summed E-state index contributed by atoms with van der Waals surface area (Å²) in [6.07, 6.45) is 6.48. The quantitative estimate of drug-likeness (QED) is 0.787. The summed E-state index contributed by atoms with van der Waals surface area (Å²) in [5.74, 6) is -1.17. The minimum atomic E-state index is -1.07. The lowest BCUT2D eigenvalue weighted by molar-refractivity contribution is -0.131. The Kier molecular flexibility index (Phi) is 3.85. The van der Waals surface area contributed by atoms with E-state index in [9.17, 15) is 9.59 Å². The van der Waals surface area contributed by atoms with E-state index in [2.05, 4.69) is 20.4 Å². The number of hydrogen-bond donors (Lipinski definition) is 2. The number of carbonyl (C=O) groups excluding carboxylic acids is 1. The van der Waals surface area contributed by atoms with Crippen molar-refractivity contribution in [2.75, 3.05) is 5.32 Å². The van der Waals surface area contributed by atoms with Crippen molar-refractivity contribution in [2.24, 2.45) is 7.05 Å². The normalized spacial score (nSPS) is 10.7. The molecule has 0 saturated heterocycles. The van der Waals surface area contributed by atoms with Gasteiger partial charge in [-0.3, -0.25) is 15.1 Å². The van der Waals surface area contributed by atoms with Gasteiger partial charge in [0.1, 0.15) is 6.33 Å². The van der Waals surface area contributed by atoms with Gasteiger partial charge in [-0.1, -0.05) is 0 Å². The molecular weight excluding hydrogens is 262 g/mol. The number of carboxylic acids is 1. The lowest BCUT2D eigenvalue weighted by atomic mass is 10.2. The summed E-state index contributed by atoms with van der Waals surface area (Å²) in [5.41, 5.74) is 0.804. The molecule has 0 aromatic carbocycles. The average Bonchev–Trinajstić information content (AvgIpc) is 2.82. The molecule has 0 aliphatic heterocycles. The lowest BCUT2D eigenvalue weighted by Crippen LogP contribution is -2.15. The van der Waals surface area contributed by atoms with E-state index >= 15 is 0 Å². The molecule has 2 rings (SSSR count). The largest absolute Gasteiger partial charge is 0.478 e. The van der Waals surface area contributed by atoms with Crippen molar-refractivity contribution >= 4 is 23.9 Å². The van der Waals surface area contributed by atoms with Crippen LogP contribution < -0.4 is 5.32 Å². The number of carboxylic acid groups (broad SMARTS) is 1. The van der Waals surface area contributed by atoms with Gasteiger partial charge in [0, 0.05) is 25.5 Å². The molecular formula is C12H11N5O3. The fourth-order valence-electron chi connectivity index (χ4n) is 1.42. The molecule has 0 fully saturated rings. The Labute approximate surface area is 113 Å². The van der Waals surface area contributed by atoms with Crippen LogP contribution in [-0.4, -0.2) is 36.7 Å². The standard InChI is InChI=1S/C12H11N5O3/c1-17-12(14-7-15-17)16-11(20)9-4-8(5-13-6-9)2-3-10(18)19/h2-7H,1H3,(H,18,19)(H,14,15,16,20)/b3-2+. The number of anilines is 1. The molecule has 20 heavy (non-hydrogen) atoms. The number of nitrogens with zero attached hydrogens (tertiary/aromatic N) is 4. The Morgan fingerprint density at radius 3 is 2.85 bits per heavy atom. The predicted molar refractivity (Wildman–Crippen MR) is 69.9 cm³/mol. The molecule has 8 nitrogen and oxygen atoms in total. The second-order valence-electron chi connectivity index (χ2n) is 3.84. The number of hydrogen-bond acceptors (Lipinski definition) is 5. The number of aliphatic carboxylic acids is 1. The Hall–Kier alpha value is -3.03. The van der Waals surface area contributed by atoms with E-state index in [1.165, 1.54) is 35.5 Å². The first-order valence-electron chi connectivity index (χ1n) is 5.57. The van der Waals surface area contributed by atoms with Gasteiger partial charge in [-0.25, -0.2) is 9.48 Å². The molecule has 0 unspecified atom stereocenters. The van der Waals surface area contributed by atoms with E-state index in [0.29, 0.717) is 17.1 Å². The number of rotatable bonds is 4. The van der Waals surface area contributed by atoms with Gasteiger partial charge in [0.2, 0.25) is 5.95 Å². The molecule has 0 saturated carbocycles. The molecule has 0 spiro atoms. The van der Waals surface area contributed by atoms with Crippen molar-refractivity contribution in [1.29, 1.82) is 0 Å². The maximum Gasteiger partial charge on any atom is 0.328 e. The van der Waals surface area contributed by atoms with Crippen LogP contribution in [0.5, 0.6) is 0 Å². The Morgan fingerprint density at radius 1 is 1.40 bits per heavy atom. The van der Waals surface area contributed by atoms with Crippen LogP contribution >= 0.6 is 0 Å². The fraction of sp³-hybridized carbons (Fsp3) is 0.0833. The first-order chi connectivity index (χ1) is 9.56. The first-order valence-corrected chi connectivity index (χ1v) is 5.57. The van der Waals surface area contributed by atoms with Crippen molar-refractivity contribution in [3.8, 4) is 0 Å². The highest BCUT2D eigenvalue weighted by molar-refractivity contribution is 6.03. The van der Waals surface area contributed by atoms with Gasteiger partial charge in [0.05, 0.1) is 5.56 Å². The lowest BCUT2D eigenvalue weighted by Gasteiger charge is -2.04. The number of amides is 1. The molecule has 8 heteroatoms. The third-order valence-electron chi connectivity index (χ3n) is 2.38. The van der Waals surface area contributed by atoms with Crippen LogP contribution in [0.2, 0.25) is 0 Å². The highest BCUT2D eigenvalue weighted by Crippen LogP contribution is 2.07. The minimum absolute atomic E-state index is 0.292. The van der Waals surface area contributed by atoms with Gasteiger partial charge in [0.25, 0.3) is 5.91 Å². The minimum Gasteiger partial charge on any atom is -0.478 e. The van der Waals surface area contributed by atoms with Crippen LogP contribution in [0.1, 0.15) is 15.9 Å². The summed E-state index contributed by atoms with van der Waals surface area (Å²) in [4.78, 5) is 30.2. The Balaban J connectivity index is 2.16. The summed E-state index contributed by atoms with van der Waals surface area (Å²) in [6, 6.07) is 1.53. The van der Waals surface area contributed by atoms with Gasteiger partial charge in [0.15, 0.2) is 0 Å². The first kappa shape index (κ1) is 13.4. The molecule has 102 valence electrons. The number of aromatic nitrogens is 4. The van der Waals surface area contributed by atoms with Crippen LogP contribution in [0.4, 0.5) is 5.95 Å². The molecule has 2 N–H and O–H groups in total. The number of pyridine rings is 1. The van der Waals surface area contributed by atoms with E-state index in [1.54, 1.807) is 7.05 Å². The monoisotopic (exact) mass is 273 g/mol. The zero-order chi connectivity index (χ0) is 14.5. The molecule has 0 atom stereocenters. The topological polar surface area (TPSA) is 110 Å². The van der Waals surface area contributed by atoms with E-state index in [4.69, 9.17) is 5.11 Å². The van der Waals surface area contributed by atoms with Crippen molar-refractivity contribution in [2.45, 2.75) is 0 Å². The van der Waals surface area contributed by atoms with Gasteiger partial charge >= 0.3 is 5.97 Å². The Bertz CT molecular complexity index is 677. The second-order valence-corrected chi connectivity index (χ2v) is 3.84. The van der Waals surface area contributed by atoms with Crippen molar-refractivity contribution < 1.29 is 14.7 Å². The molecule has 2 aromatic heterocycles. The van der Waals surface area contributed by atoms with E-state index in [-0.39, 0.29) is 0 Å².